The minimum Gasteiger partial charge on any atom is -0.355 e. The van der Waals surface area contributed by atoms with Crippen molar-refractivity contribution in [3.8, 4) is 0 Å². The molecule has 7 heteroatoms. The van der Waals surface area contributed by atoms with Gasteiger partial charge in [0.05, 0.1) is 4.88 Å². The minimum absolute atomic E-state index is 0.152. The van der Waals surface area contributed by atoms with Gasteiger partial charge in [-0.2, -0.15) is 0 Å². The van der Waals surface area contributed by atoms with Gasteiger partial charge in [0.1, 0.15) is 6.04 Å². The van der Waals surface area contributed by atoms with E-state index in [1.807, 2.05) is 35.7 Å². The molecule has 0 unspecified atom stereocenters. The maximum Gasteiger partial charge on any atom is 0.262 e. The molecule has 0 aliphatic carbocycles. The molecule has 3 N–H and O–H groups in total. The number of nitrogens with one attached hydrogen (secondary N) is 3. The molecule has 1 aromatic heterocycles. The van der Waals surface area contributed by atoms with Crippen molar-refractivity contribution in [1.82, 2.24) is 16.0 Å². The molecule has 2 rings (SSSR count). The SMILES string of the molecule is CC(=O)NCCNC(=O)[C@H](Cc1ccccc1)NC(=O)c1cccs1. The Morgan fingerprint density at radius 3 is 2.36 bits per heavy atom. The second-order valence-corrected chi connectivity index (χ2v) is 6.41. The first-order valence-electron chi connectivity index (χ1n) is 7.96. The van der Waals surface area contributed by atoms with Crippen LogP contribution in [0.15, 0.2) is 47.8 Å². The lowest BCUT2D eigenvalue weighted by Crippen LogP contribution is -2.49. The molecular formula is C18H21N3O3S. The van der Waals surface area contributed by atoms with Crippen LogP contribution in [0.3, 0.4) is 0 Å². The standard InChI is InChI=1S/C18H21N3O3S/c1-13(22)19-9-10-20-17(23)15(12-14-6-3-2-4-7-14)21-18(24)16-8-5-11-25-16/h2-8,11,15H,9-10,12H2,1H3,(H,19,22)(H,20,23)(H,21,24)/t15-/m0/s1. The van der Waals surface area contributed by atoms with Gasteiger partial charge in [-0.1, -0.05) is 36.4 Å². The quantitative estimate of drug-likeness (QED) is 0.622. The molecule has 132 valence electrons. The Labute approximate surface area is 150 Å². The summed E-state index contributed by atoms with van der Waals surface area (Å²) >= 11 is 1.32. The van der Waals surface area contributed by atoms with Crippen molar-refractivity contribution >= 4 is 29.1 Å². The van der Waals surface area contributed by atoms with Crippen molar-refractivity contribution in [1.29, 1.82) is 0 Å². The summed E-state index contributed by atoms with van der Waals surface area (Å²) in [4.78, 5) is 36.2. The van der Waals surface area contributed by atoms with Crippen molar-refractivity contribution in [3.05, 3.63) is 58.3 Å². The van der Waals surface area contributed by atoms with Crippen LogP contribution in [0.1, 0.15) is 22.2 Å². The summed E-state index contributed by atoms with van der Waals surface area (Å²) in [6.07, 6.45) is 0.393. The first-order valence-corrected chi connectivity index (χ1v) is 8.84. The minimum atomic E-state index is -0.686. The zero-order chi connectivity index (χ0) is 18.1. The van der Waals surface area contributed by atoms with Crippen molar-refractivity contribution in [2.75, 3.05) is 13.1 Å². The van der Waals surface area contributed by atoms with Crippen LogP contribution < -0.4 is 16.0 Å². The van der Waals surface area contributed by atoms with Crippen LogP contribution in [0.2, 0.25) is 0 Å². The predicted molar refractivity (Wildman–Crippen MR) is 97.4 cm³/mol. The highest BCUT2D eigenvalue weighted by atomic mass is 32.1. The van der Waals surface area contributed by atoms with Crippen LogP contribution in [-0.2, 0) is 16.0 Å². The van der Waals surface area contributed by atoms with Gasteiger partial charge in [0.25, 0.3) is 5.91 Å². The lowest BCUT2D eigenvalue weighted by Gasteiger charge is -2.18. The molecule has 0 fully saturated rings. The maximum absolute atomic E-state index is 12.5. The fraction of sp³-hybridized carbons (Fsp3) is 0.278. The van der Waals surface area contributed by atoms with Gasteiger partial charge < -0.3 is 16.0 Å². The molecule has 0 aliphatic rings. The van der Waals surface area contributed by atoms with E-state index < -0.39 is 6.04 Å². The number of thiophene rings is 1. The summed E-state index contributed by atoms with van der Waals surface area (Å²) in [5.74, 6) is -0.701. The van der Waals surface area contributed by atoms with Crippen LogP contribution >= 0.6 is 11.3 Å². The maximum atomic E-state index is 12.5. The lowest BCUT2D eigenvalue weighted by atomic mass is 10.1. The summed E-state index contributed by atoms with van der Waals surface area (Å²) < 4.78 is 0. The third-order valence-corrected chi connectivity index (χ3v) is 4.32. The van der Waals surface area contributed by atoms with Crippen LogP contribution in [0.5, 0.6) is 0 Å². The van der Waals surface area contributed by atoms with Crippen molar-refractivity contribution in [2.24, 2.45) is 0 Å². The first kappa shape index (κ1) is 18.7. The van der Waals surface area contributed by atoms with Gasteiger partial charge in [0, 0.05) is 26.4 Å². The molecule has 1 aromatic carbocycles. The summed E-state index contributed by atoms with van der Waals surface area (Å²) in [7, 11) is 0. The average Bonchev–Trinajstić information content (AvgIpc) is 3.13. The number of rotatable bonds is 8. The molecule has 1 atom stereocenters. The lowest BCUT2D eigenvalue weighted by molar-refractivity contribution is -0.123. The number of benzene rings is 1. The summed E-state index contributed by atoms with van der Waals surface area (Å²) in [6, 6.07) is 12.3. The van der Waals surface area contributed by atoms with E-state index in [2.05, 4.69) is 16.0 Å². The highest BCUT2D eigenvalue weighted by molar-refractivity contribution is 7.12. The second kappa shape index (κ2) is 9.58. The van der Waals surface area contributed by atoms with Crippen molar-refractivity contribution in [2.45, 2.75) is 19.4 Å². The van der Waals surface area contributed by atoms with Gasteiger partial charge >= 0.3 is 0 Å². The first-order chi connectivity index (χ1) is 12.1. The number of hydrogen-bond acceptors (Lipinski definition) is 4. The average molecular weight is 359 g/mol. The summed E-state index contributed by atoms with van der Waals surface area (Å²) in [6.45, 7) is 2.07. The third kappa shape index (κ3) is 6.39. The molecular weight excluding hydrogens is 338 g/mol. The van der Waals surface area contributed by atoms with Crippen molar-refractivity contribution < 1.29 is 14.4 Å². The fourth-order valence-electron chi connectivity index (χ4n) is 2.24. The smallest absolute Gasteiger partial charge is 0.262 e. The van der Waals surface area contributed by atoms with Crippen LogP contribution in [0.25, 0.3) is 0 Å². The molecule has 2 aromatic rings. The molecule has 3 amide bonds. The normalized spacial score (nSPS) is 11.4. The number of hydrogen-bond donors (Lipinski definition) is 3. The van der Waals surface area contributed by atoms with Gasteiger partial charge in [-0.15, -0.1) is 11.3 Å². The van der Waals surface area contributed by atoms with Gasteiger partial charge in [0.15, 0.2) is 0 Å². The Morgan fingerprint density at radius 2 is 1.72 bits per heavy atom. The molecule has 0 radical (unpaired) electrons. The van der Waals surface area contributed by atoms with E-state index in [0.29, 0.717) is 24.4 Å². The van der Waals surface area contributed by atoms with E-state index in [-0.39, 0.29) is 17.7 Å². The second-order valence-electron chi connectivity index (χ2n) is 5.47. The molecule has 0 spiro atoms. The van der Waals surface area contributed by atoms with Gasteiger partial charge in [0.2, 0.25) is 11.8 Å². The molecule has 0 saturated carbocycles. The van der Waals surface area contributed by atoms with Gasteiger partial charge in [-0.3, -0.25) is 14.4 Å². The van der Waals surface area contributed by atoms with Crippen LogP contribution in [-0.4, -0.2) is 36.9 Å². The Balaban J connectivity index is 1.99. The number of carbonyl (C=O) groups is 3. The largest absolute Gasteiger partial charge is 0.355 e. The Morgan fingerprint density at radius 1 is 1.00 bits per heavy atom. The summed E-state index contributed by atoms with van der Waals surface area (Å²) in [5, 5.41) is 9.96. The summed E-state index contributed by atoms with van der Waals surface area (Å²) in [5.41, 5.74) is 0.955. The third-order valence-electron chi connectivity index (χ3n) is 3.45. The number of carbonyl (C=O) groups excluding carboxylic acids is 3. The van der Waals surface area contributed by atoms with E-state index in [1.54, 1.807) is 12.1 Å². The number of amides is 3. The van der Waals surface area contributed by atoms with E-state index in [0.717, 1.165) is 5.56 Å². The van der Waals surface area contributed by atoms with E-state index in [9.17, 15) is 14.4 Å². The molecule has 0 aliphatic heterocycles. The molecule has 6 nitrogen and oxygen atoms in total. The predicted octanol–water partition coefficient (Wildman–Crippen LogP) is 1.34. The fourth-order valence-corrected chi connectivity index (χ4v) is 2.87. The van der Waals surface area contributed by atoms with E-state index in [1.165, 1.54) is 18.3 Å². The Kier molecular flexibility index (Phi) is 7.16. The molecule has 25 heavy (non-hydrogen) atoms. The molecule has 1 heterocycles. The monoisotopic (exact) mass is 359 g/mol. The van der Waals surface area contributed by atoms with Crippen LogP contribution in [0, 0.1) is 0 Å². The van der Waals surface area contributed by atoms with Crippen LogP contribution in [0.4, 0.5) is 0 Å². The van der Waals surface area contributed by atoms with Gasteiger partial charge in [-0.05, 0) is 17.0 Å². The highest BCUT2D eigenvalue weighted by Crippen LogP contribution is 2.10. The molecule has 0 saturated heterocycles. The zero-order valence-corrected chi connectivity index (χ0v) is 14.8. The molecule has 0 bridgehead atoms. The van der Waals surface area contributed by atoms with Crippen molar-refractivity contribution in [3.63, 3.8) is 0 Å². The van der Waals surface area contributed by atoms with Gasteiger partial charge in [-0.25, -0.2) is 0 Å². The zero-order valence-electron chi connectivity index (χ0n) is 14.0. The van der Waals surface area contributed by atoms with E-state index >= 15 is 0 Å². The van der Waals surface area contributed by atoms with E-state index in [4.69, 9.17) is 0 Å². The Bertz CT molecular complexity index is 702. The highest BCUT2D eigenvalue weighted by Gasteiger charge is 2.22. The topological polar surface area (TPSA) is 87.3 Å². The Hall–Kier alpha value is -2.67.